The molecule has 0 aliphatic carbocycles. The van der Waals surface area contributed by atoms with Crippen molar-refractivity contribution in [3.63, 3.8) is 0 Å². The lowest BCUT2D eigenvalue weighted by molar-refractivity contribution is 0.625. The van der Waals surface area contributed by atoms with Gasteiger partial charge < -0.3 is 0 Å². The van der Waals surface area contributed by atoms with Crippen molar-refractivity contribution in [1.82, 2.24) is 0 Å². The van der Waals surface area contributed by atoms with Crippen molar-refractivity contribution < 1.29 is 4.39 Å². The van der Waals surface area contributed by atoms with Gasteiger partial charge in [-0.3, -0.25) is 0 Å². The summed E-state index contributed by atoms with van der Waals surface area (Å²) in [5.41, 5.74) is 9.20. The Morgan fingerprint density at radius 1 is 0.609 bits per heavy atom. The summed E-state index contributed by atoms with van der Waals surface area (Å²) in [6.07, 6.45) is 0. The molecule has 0 spiro atoms. The molecule has 3 rings (SSSR count). The lowest BCUT2D eigenvalue weighted by Crippen LogP contribution is -1.92. The first-order chi connectivity index (χ1) is 11.0. The first kappa shape index (κ1) is 15.5. The molecule has 1 heteroatoms. The van der Waals surface area contributed by atoms with E-state index in [-0.39, 0.29) is 5.82 Å². The van der Waals surface area contributed by atoms with Crippen LogP contribution in [0, 0.1) is 33.5 Å². The second-order valence-corrected chi connectivity index (χ2v) is 6.31. The Kier molecular flexibility index (Phi) is 4.04. The fourth-order valence-electron chi connectivity index (χ4n) is 3.24. The number of rotatable bonds is 2. The summed E-state index contributed by atoms with van der Waals surface area (Å²) in [6, 6.07) is 18.3. The molecule has 3 aromatic carbocycles. The summed E-state index contributed by atoms with van der Waals surface area (Å²) in [4.78, 5) is 0. The Morgan fingerprint density at radius 3 is 1.74 bits per heavy atom. The van der Waals surface area contributed by atoms with Crippen LogP contribution in [0.15, 0.2) is 54.6 Å². The Balaban J connectivity index is 2.08. The van der Waals surface area contributed by atoms with E-state index in [1.54, 1.807) is 12.1 Å². The van der Waals surface area contributed by atoms with Gasteiger partial charge in [-0.05, 0) is 78.8 Å². The molecule has 0 nitrogen and oxygen atoms in total. The number of halogens is 1. The normalized spacial score (nSPS) is 10.8. The number of aryl methyl sites for hydroxylation is 4. The maximum atomic E-state index is 13.5. The molecule has 0 aliphatic heterocycles. The highest BCUT2D eigenvalue weighted by Gasteiger charge is 2.10. The minimum absolute atomic E-state index is 0.170. The average molecular weight is 304 g/mol. The van der Waals surface area contributed by atoms with Gasteiger partial charge in [-0.2, -0.15) is 0 Å². The summed E-state index contributed by atoms with van der Waals surface area (Å²) < 4.78 is 13.5. The van der Waals surface area contributed by atoms with Crippen LogP contribution in [0.1, 0.15) is 22.3 Å². The molecule has 0 bridgehead atoms. The predicted octanol–water partition coefficient (Wildman–Crippen LogP) is 6.39. The predicted molar refractivity (Wildman–Crippen MR) is 96.2 cm³/mol. The van der Waals surface area contributed by atoms with Crippen LogP contribution in [0.3, 0.4) is 0 Å². The first-order valence-electron chi connectivity index (χ1n) is 7.90. The smallest absolute Gasteiger partial charge is 0.123 e. The molecule has 0 atom stereocenters. The third kappa shape index (κ3) is 3.05. The Bertz CT molecular complexity index is 835. The van der Waals surface area contributed by atoms with E-state index >= 15 is 0 Å². The summed E-state index contributed by atoms with van der Waals surface area (Å²) in [5, 5.41) is 0. The molecule has 116 valence electrons. The fraction of sp³-hybridized carbons (Fsp3) is 0.182. The monoisotopic (exact) mass is 304 g/mol. The fourth-order valence-corrected chi connectivity index (χ4v) is 3.24. The highest BCUT2D eigenvalue weighted by Crippen LogP contribution is 2.32. The van der Waals surface area contributed by atoms with Crippen LogP contribution in [0.25, 0.3) is 22.3 Å². The van der Waals surface area contributed by atoms with E-state index in [1.807, 2.05) is 13.8 Å². The highest BCUT2D eigenvalue weighted by atomic mass is 19.1. The molecular weight excluding hydrogens is 283 g/mol. The second kappa shape index (κ2) is 6.00. The molecule has 0 N–H and O–H groups in total. The van der Waals surface area contributed by atoms with Crippen molar-refractivity contribution in [1.29, 1.82) is 0 Å². The van der Waals surface area contributed by atoms with Gasteiger partial charge in [-0.1, -0.05) is 48.0 Å². The van der Waals surface area contributed by atoms with Crippen molar-refractivity contribution in [2.75, 3.05) is 0 Å². The topological polar surface area (TPSA) is 0 Å². The van der Waals surface area contributed by atoms with E-state index in [0.29, 0.717) is 0 Å². The zero-order valence-corrected chi connectivity index (χ0v) is 14.1. The Labute approximate surface area is 137 Å². The molecule has 0 fully saturated rings. The van der Waals surface area contributed by atoms with Crippen molar-refractivity contribution in [2.24, 2.45) is 0 Å². The first-order valence-corrected chi connectivity index (χ1v) is 7.90. The van der Waals surface area contributed by atoms with Crippen LogP contribution in [0.5, 0.6) is 0 Å². The lowest BCUT2D eigenvalue weighted by atomic mass is 9.91. The van der Waals surface area contributed by atoms with Gasteiger partial charge in [0.05, 0.1) is 0 Å². The molecule has 0 radical (unpaired) electrons. The maximum Gasteiger partial charge on any atom is 0.123 e. The van der Waals surface area contributed by atoms with Gasteiger partial charge in [0.15, 0.2) is 0 Å². The molecule has 0 unspecified atom stereocenters. The van der Waals surface area contributed by atoms with Gasteiger partial charge in [0.1, 0.15) is 5.82 Å². The SMILES string of the molecule is Cc1ccc(-c2ccc(-c3c(C)cc(F)cc3C)cc2C)cc1. The van der Waals surface area contributed by atoms with E-state index in [9.17, 15) is 4.39 Å². The molecule has 0 saturated heterocycles. The average Bonchev–Trinajstić information content (AvgIpc) is 2.47. The highest BCUT2D eigenvalue weighted by molar-refractivity contribution is 5.76. The Hall–Kier alpha value is -2.41. The van der Waals surface area contributed by atoms with E-state index in [0.717, 1.165) is 22.3 Å². The van der Waals surface area contributed by atoms with Crippen molar-refractivity contribution >= 4 is 0 Å². The number of benzene rings is 3. The molecule has 3 aromatic rings. The van der Waals surface area contributed by atoms with Gasteiger partial charge in [-0.25, -0.2) is 4.39 Å². The summed E-state index contributed by atoms with van der Waals surface area (Å²) >= 11 is 0. The molecule has 0 aromatic heterocycles. The van der Waals surface area contributed by atoms with Crippen LogP contribution < -0.4 is 0 Å². The number of hydrogen-bond donors (Lipinski definition) is 0. The van der Waals surface area contributed by atoms with Gasteiger partial charge in [0, 0.05) is 0 Å². The van der Waals surface area contributed by atoms with Gasteiger partial charge in [0.2, 0.25) is 0 Å². The summed E-state index contributed by atoms with van der Waals surface area (Å²) in [5.74, 6) is -0.170. The van der Waals surface area contributed by atoms with Crippen LogP contribution in [-0.4, -0.2) is 0 Å². The van der Waals surface area contributed by atoms with Gasteiger partial charge >= 0.3 is 0 Å². The van der Waals surface area contributed by atoms with E-state index in [4.69, 9.17) is 0 Å². The summed E-state index contributed by atoms with van der Waals surface area (Å²) in [6.45, 7) is 8.16. The quantitative estimate of drug-likeness (QED) is 0.514. The van der Waals surface area contributed by atoms with Crippen molar-refractivity contribution in [2.45, 2.75) is 27.7 Å². The molecular formula is C22H21F. The molecule has 23 heavy (non-hydrogen) atoms. The molecule has 0 aliphatic rings. The third-order valence-electron chi connectivity index (χ3n) is 4.38. The molecule has 0 saturated carbocycles. The molecule has 0 heterocycles. The van der Waals surface area contributed by atoms with Crippen LogP contribution in [0.4, 0.5) is 4.39 Å². The second-order valence-electron chi connectivity index (χ2n) is 6.31. The van der Waals surface area contributed by atoms with E-state index < -0.39 is 0 Å². The largest absolute Gasteiger partial charge is 0.207 e. The maximum absolute atomic E-state index is 13.5. The number of hydrogen-bond acceptors (Lipinski definition) is 0. The zero-order valence-electron chi connectivity index (χ0n) is 14.1. The van der Waals surface area contributed by atoms with Gasteiger partial charge in [-0.15, -0.1) is 0 Å². The van der Waals surface area contributed by atoms with Crippen LogP contribution >= 0.6 is 0 Å². The lowest BCUT2D eigenvalue weighted by Gasteiger charge is -2.14. The van der Waals surface area contributed by atoms with E-state index in [1.165, 1.54) is 22.3 Å². The third-order valence-corrected chi connectivity index (χ3v) is 4.38. The van der Waals surface area contributed by atoms with Gasteiger partial charge in [0.25, 0.3) is 0 Å². The summed E-state index contributed by atoms with van der Waals surface area (Å²) in [7, 11) is 0. The van der Waals surface area contributed by atoms with Crippen molar-refractivity contribution in [3.05, 3.63) is 82.7 Å². The zero-order chi connectivity index (χ0) is 16.6. The van der Waals surface area contributed by atoms with E-state index in [2.05, 4.69) is 56.3 Å². The van der Waals surface area contributed by atoms with Crippen molar-refractivity contribution in [3.8, 4) is 22.3 Å². The Morgan fingerprint density at radius 2 is 1.17 bits per heavy atom. The standard InChI is InChI=1S/C22H21F/c1-14-5-7-18(8-6-14)21-10-9-19(11-15(21)2)22-16(3)12-20(23)13-17(22)4/h5-13H,1-4H3. The van der Waals surface area contributed by atoms with Crippen LogP contribution in [-0.2, 0) is 0 Å². The minimum atomic E-state index is -0.170. The minimum Gasteiger partial charge on any atom is -0.207 e. The van der Waals surface area contributed by atoms with Crippen LogP contribution in [0.2, 0.25) is 0 Å². The molecule has 0 amide bonds.